The third-order valence-electron chi connectivity index (χ3n) is 3.58. The number of amides is 1. The maximum absolute atomic E-state index is 12.3. The van der Waals surface area contributed by atoms with Crippen LogP contribution >= 0.6 is 15.9 Å². The number of nitrogen functional groups attached to an aromatic ring is 1. The quantitative estimate of drug-likeness (QED) is 0.569. The van der Waals surface area contributed by atoms with Gasteiger partial charge in [0, 0.05) is 32.8 Å². The summed E-state index contributed by atoms with van der Waals surface area (Å²) in [6.07, 6.45) is 0.715. The second-order valence-corrected chi connectivity index (χ2v) is 6.01. The minimum atomic E-state index is -0.0953. The maximum atomic E-state index is 12.3. The van der Waals surface area contributed by atoms with Gasteiger partial charge >= 0.3 is 0 Å². The van der Waals surface area contributed by atoms with E-state index in [1.165, 1.54) is 0 Å². The maximum Gasteiger partial charge on any atom is 0.258 e. The average Bonchev–Trinajstić information content (AvgIpc) is 2.82. The highest BCUT2D eigenvalue weighted by molar-refractivity contribution is 9.10. The predicted molar refractivity (Wildman–Crippen MR) is 94.5 cm³/mol. The molecule has 0 aromatic heterocycles. The molecule has 1 amide bonds. The van der Waals surface area contributed by atoms with Gasteiger partial charge in [0.25, 0.3) is 5.91 Å². The Balaban J connectivity index is 2.04. The van der Waals surface area contributed by atoms with Gasteiger partial charge in [-0.15, -0.1) is 0 Å². The van der Waals surface area contributed by atoms with Crippen LogP contribution in [0.15, 0.2) is 52.6 Å². The Labute approximate surface area is 137 Å². The fraction of sp³-hybridized carbons (Fsp3) is 0.118. The molecule has 0 saturated carbocycles. The van der Waals surface area contributed by atoms with Gasteiger partial charge in [-0.3, -0.25) is 4.79 Å². The molecule has 1 aliphatic rings. The minimum Gasteiger partial charge on any atom is -0.399 e. The summed E-state index contributed by atoms with van der Waals surface area (Å²) in [6.45, 7) is 2.02. The van der Waals surface area contributed by atoms with E-state index in [1.807, 2.05) is 43.3 Å². The van der Waals surface area contributed by atoms with E-state index in [-0.39, 0.29) is 5.91 Å². The van der Waals surface area contributed by atoms with Gasteiger partial charge in [-0.1, -0.05) is 22.9 Å². The van der Waals surface area contributed by atoms with Crippen LogP contribution in [0.2, 0.25) is 0 Å². The third kappa shape index (κ3) is 2.72. The van der Waals surface area contributed by atoms with E-state index >= 15 is 0 Å². The Bertz CT molecular complexity index is 766. The standard InChI is InChI=1S/C17H16BrN3O/c1-2-14(20-12-6-3-10(18)4-7-12)16-13-9-11(19)5-8-15(13)21-17(16)22/h3-9,20H,2,19H2,1H3,(H,21,22). The highest BCUT2D eigenvalue weighted by Crippen LogP contribution is 2.36. The molecule has 2 aromatic carbocycles. The fourth-order valence-corrected chi connectivity index (χ4v) is 2.78. The van der Waals surface area contributed by atoms with E-state index in [0.29, 0.717) is 17.7 Å². The summed E-state index contributed by atoms with van der Waals surface area (Å²) in [5.74, 6) is -0.0953. The number of nitrogens with one attached hydrogen (secondary N) is 2. The van der Waals surface area contributed by atoms with Gasteiger partial charge < -0.3 is 16.4 Å². The fourth-order valence-electron chi connectivity index (χ4n) is 2.52. The van der Waals surface area contributed by atoms with Crippen LogP contribution in [-0.2, 0) is 4.79 Å². The molecule has 0 aliphatic carbocycles. The Kier molecular flexibility index (Phi) is 3.90. The number of hydrogen-bond donors (Lipinski definition) is 3. The summed E-state index contributed by atoms with van der Waals surface area (Å²) in [7, 11) is 0. The highest BCUT2D eigenvalue weighted by Gasteiger charge is 2.27. The van der Waals surface area contributed by atoms with Crippen molar-refractivity contribution in [2.45, 2.75) is 13.3 Å². The smallest absolute Gasteiger partial charge is 0.258 e. The molecule has 0 bridgehead atoms. The largest absolute Gasteiger partial charge is 0.399 e. The second-order valence-electron chi connectivity index (χ2n) is 5.10. The van der Waals surface area contributed by atoms with Gasteiger partial charge in [-0.25, -0.2) is 0 Å². The molecule has 4 N–H and O–H groups in total. The van der Waals surface area contributed by atoms with Crippen molar-refractivity contribution in [2.24, 2.45) is 0 Å². The van der Waals surface area contributed by atoms with E-state index in [4.69, 9.17) is 5.73 Å². The number of hydrogen-bond acceptors (Lipinski definition) is 3. The molecule has 5 heteroatoms. The van der Waals surface area contributed by atoms with Crippen LogP contribution in [0.25, 0.3) is 5.57 Å². The lowest BCUT2D eigenvalue weighted by molar-refractivity contribution is -0.110. The molecule has 4 nitrogen and oxygen atoms in total. The molecule has 22 heavy (non-hydrogen) atoms. The minimum absolute atomic E-state index is 0.0953. The monoisotopic (exact) mass is 357 g/mol. The van der Waals surface area contributed by atoms with Gasteiger partial charge in [0.15, 0.2) is 0 Å². The van der Waals surface area contributed by atoms with Gasteiger partial charge in [0.05, 0.1) is 5.57 Å². The Morgan fingerprint density at radius 2 is 1.95 bits per heavy atom. The zero-order valence-corrected chi connectivity index (χ0v) is 13.7. The van der Waals surface area contributed by atoms with Crippen LogP contribution in [0.4, 0.5) is 17.1 Å². The van der Waals surface area contributed by atoms with Crippen molar-refractivity contribution in [2.75, 3.05) is 16.4 Å². The number of allylic oxidation sites excluding steroid dienone is 1. The number of anilines is 3. The van der Waals surface area contributed by atoms with Crippen LogP contribution in [0, 0.1) is 0 Å². The van der Waals surface area contributed by atoms with Crippen LogP contribution in [0.5, 0.6) is 0 Å². The molecule has 1 aliphatic heterocycles. The van der Waals surface area contributed by atoms with Gasteiger partial charge in [0.2, 0.25) is 0 Å². The first kappa shape index (κ1) is 14.7. The molecule has 0 fully saturated rings. The number of carbonyl (C=O) groups is 1. The molecule has 0 spiro atoms. The van der Waals surface area contributed by atoms with Crippen molar-refractivity contribution < 1.29 is 4.79 Å². The average molecular weight is 358 g/mol. The zero-order chi connectivity index (χ0) is 15.7. The number of carbonyl (C=O) groups excluding carboxylic acids is 1. The zero-order valence-electron chi connectivity index (χ0n) is 12.1. The number of fused-ring (bicyclic) bond motifs is 1. The molecule has 0 saturated heterocycles. The molecule has 2 aromatic rings. The molecule has 112 valence electrons. The number of nitrogens with two attached hydrogens (primary N) is 1. The van der Waals surface area contributed by atoms with Crippen molar-refractivity contribution in [3.63, 3.8) is 0 Å². The Morgan fingerprint density at radius 3 is 2.64 bits per heavy atom. The van der Waals surface area contributed by atoms with E-state index in [1.54, 1.807) is 6.07 Å². The molecule has 0 radical (unpaired) electrons. The summed E-state index contributed by atoms with van der Waals surface area (Å²) in [6, 6.07) is 13.3. The third-order valence-corrected chi connectivity index (χ3v) is 4.11. The lowest BCUT2D eigenvalue weighted by atomic mass is 10.0. The van der Waals surface area contributed by atoms with Gasteiger partial charge in [0.1, 0.15) is 0 Å². The lowest BCUT2D eigenvalue weighted by Gasteiger charge is -2.12. The van der Waals surface area contributed by atoms with Crippen molar-refractivity contribution in [3.05, 3.63) is 58.2 Å². The molecule has 0 unspecified atom stereocenters. The SMILES string of the molecule is CCC(Nc1ccc(Br)cc1)=C1C(=O)Nc2ccc(N)cc21. The number of halogens is 1. The number of rotatable bonds is 3. The Morgan fingerprint density at radius 1 is 1.23 bits per heavy atom. The van der Waals surface area contributed by atoms with Gasteiger partial charge in [-0.2, -0.15) is 0 Å². The van der Waals surface area contributed by atoms with Crippen molar-refractivity contribution in [1.82, 2.24) is 0 Å². The Hall–Kier alpha value is -2.27. The van der Waals surface area contributed by atoms with Gasteiger partial charge in [-0.05, 0) is 48.9 Å². The van der Waals surface area contributed by atoms with Crippen molar-refractivity contribution in [1.29, 1.82) is 0 Å². The van der Waals surface area contributed by atoms with E-state index in [0.717, 1.165) is 27.1 Å². The first-order chi connectivity index (χ1) is 10.6. The number of benzene rings is 2. The summed E-state index contributed by atoms with van der Waals surface area (Å²) in [5, 5.41) is 6.23. The molecule has 1 heterocycles. The molecular formula is C17H16BrN3O. The first-order valence-electron chi connectivity index (χ1n) is 7.05. The summed E-state index contributed by atoms with van der Waals surface area (Å²) < 4.78 is 1.01. The van der Waals surface area contributed by atoms with E-state index < -0.39 is 0 Å². The molecule has 3 rings (SSSR count). The van der Waals surface area contributed by atoms with Crippen molar-refractivity contribution in [3.8, 4) is 0 Å². The summed E-state index contributed by atoms with van der Waals surface area (Å²) >= 11 is 3.42. The molecule has 0 atom stereocenters. The normalized spacial score (nSPS) is 15.3. The summed E-state index contributed by atoms with van der Waals surface area (Å²) in [4.78, 5) is 12.3. The second kappa shape index (κ2) is 5.85. The van der Waals surface area contributed by atoms with Crippen LogP contribution in [-0.4, -0.2) is 5.91 Å². The highest BCUT2D eigenvalue weighted by atomic mass is 79.9. The van der Waals surface area contributed by atoms with Crippen LogP contribution < -0.4 is 16.4 Å². The van der Waals surface area contributed by atoms with Crippen LogP contribution in [0.3, 0.4) is 0 Å². The van der Waals surface area contributed by atoms with Crippen molar-refractivity contribution >= 4 is 44.5 Å². The van der Waals surface area contributed by atoms with E-state index in [2.05, 4.69) is 26.6 Å². The molecular weight excluding hydrogens is 342 g/mol. The van der Waals surface area contributed by atoms with E-state index in [9.17, 15) is 4.79 Å². The van der Waals surface area contributed by atoms with Crippen LogP contribution in [0.1, 0.15) is 18.9 Å². The lowest BCUT2D eigenvalue weighted by Crippen LogP contribution is -2.10. The first-order valence-corrected chi connectivity index (χ1v) is 7.84. The summed E-state index contributed by atoms with van der Waals surface area (Å²) in [5.41, 5.74) is 10.6. The predicted octanol–water partition coefficient (Wildman–Crippen LogP) is 4.22. The topological polar surface area (TPSA) is 67.2 Å².